The van der Waals surface area contributed by atoms with Crippen LogP contribution in [0.2, 0.25) is 0 Å². The van der Waals surface area contributed by atoms with Crippen molar-refractivity contribution in [1.82, 2.24) is 0 Å². The number of benzene rings is 2. The average Bonchev–Trinajstić information content (AvgIpc) is 3.29. The highest BCUT2D eigenvalue weighted by molar-refractivity contribution is 5.38. The molecule has 0 radical (unpaired) electrons. The fourth-order valence-corrected chi connectivity index (χ4v) is 2.89. The Morgan fingerprint density at radius 2 is 1.80 bits per heavy atom. The second-order valence-electron chi connectivity index (χ2n) is 5.33. The molecule has 2 heteroatoms. The molecular weight excluding hydrogens is 248 g/mol. The van der Waals surface area contributed by atoms with Gasteiger partial charge in [-0.2, -0.15) is 0 Å². The van der Waals surface area contributed by atoms with Crippen molar-refractivity contribution in [1.29, 1.82) is 0 Å². The fraction of sp³-hybridized carbons (Fsp3) is 0.333. The van der Waals surface area contributed by atoms with E-state index >= 15 is 0 Å². The minimum atomic E-state index is -0.442. The van der Waals surface area contributed by atoms with Crippen molar-refractivity contribution in [3.63, 3.8) is 0 Å². The monoisotopic (exact) mass is 268 g/mol. The van der Waals surface area contributed by atoms with Crippen molar-refractivity contribution in [2.24, 2.45) is 5.92 Å². The minimum Gasteiger partial charge on any atom is -0.493 e. The second kappa shape index (κ2) is 5.68. The first-order valence-electron chi connectivity index (χ1n) is 7.26. The molecule has 1 N–H and O–H groups in total. The Morgan fingerprint density at radius 3 is 2.55 bits per heavy atom. The molecule has 0 amide bonds. The van der Waals surface area contributed by atoms with Crippen LogP contribution < -0.4 is 4.74 Å². The van der Waals surface area contributed by atoms with Gasteiger partial charge >= 0.3 is 0 Å². The standard InChI is InChI=1S/C18H20O2/c1-2-20-17-11-7-6-10-14(17)18(19)16-12-15(16)13-8-4-3-5-9-13/h3-11,15-16,18-19H,2,12H2,1H3. The van der Waals surface area contributed by atoms with Crippen molar-refractivity contribution < 1.29 is 9.84 Å². The summed E-state index contributed by atoms with van der Waals surface area (Å²) >= 11 is 0. The van der Waals surface area contributed by atoms with Crippen LogP contribution in [0.15, 0.2) is 54.6 Å². The molecule has 0 heterocycles. The van der Waals surface area contributed by atoms with E-state index in [0.29, 0.717) is 18.4 Å². The fourth-order valence-electron chi connectivity index (χ4n) is 2.89. The van der Waals surface area contributed by atoms with E-state index in [2.05, 4.69) is 24.3 Å². The number of ether oxygens (including phenoxy) is 1. The van der Waals surface area contributed by atoms with Crippen LogP contribution in [0.5, 0.6) is 5.75 Å². The Morgan fingerprint density at radius 1 is 1.10 bits per heavy atom. The SMILES string of the molecule is CCOc1ccccc1C(O)C1CC1c1ccccc1. The van der Waals surface area contributed by atoms with Crippen molar-refractivity contribution in [3.8, 4) is 5.75 Å². The van der Waals surface area contributed by atoms with Gasteiger partial charge in [0.1, 0.15) is 5.75 Å². The highest BCUT2D eigenvalue weighted by atomic mass is 16.5. The summed E-state index contributed by atoms with van der Waals surface area (Å²) in [5.74, 6) is 1.58. The van der Waals surface area contributed by atoms with Crippen LogP contribution in [0.1, 0.15) is 36.5 Å². The molecule has 3 atom stereocenters. The molecule has 104 valence electrons. The number of hydrogen-bond acceptors (Lipinski definition) is 2. The molecule has 0 aliphatic heterocycles. The second-order valence-corrected chi connectivity index (χ2v) is 5.33. The third-order valence-corrected chi connectivity index (χ3v) is 4.01. The molecule has 2 aromatic rings. The number of rotatable bonds is 5. The van der Waals surface area contributed by atoms with Crippen molar-refractivity contribution in [2.45, 2.75) is 25.4 Å². The zero-order valence-corrected chi connectivity index (χ0v) is 11.7. The molecule has 3 unspecified atom stereocenters. The van der Waals surface area contributed by atoms with Crippen molar-refractivity contribution in [2.75, 3.05) is 6.61 Å². The van der Waals surface area contributed by atoms with E-state index in [9.17, 15) is 5.11 Å². The summed E-state index contributed by atoms with van der Waals surface area (Å²) in [6.07, 6.45) is 0.606. The lowest BCUT2D eigenvalue weighted by molar-refractivity contribution is 0.146. The molecule has 20 heavy (non-hydrogen) atoms. The van der Waals surface area contributed by atoms with E-state index in [1.807, 2.05) is 37.3 Å². The maximum absolute atomic E-state index is 10.6. The minimum absolute atomic E-state index is 0.305. The van der Waals surface area contributed by atoms with Gasteiger partial charge in [-0.3, -0.25) is 0 Å². The topological polar surface area (TPSA) is 29.5 Å². The molecule has 0 saturated heterocycles. The van der Waals surface area contributed by atoms with Gasteiger partial charge in [0.25, 0.3) is 0 Å². The van der Waals surface area contributed by atoms with E-state index in [1.54, 1.807) is 0 Å². The molecule has 1 aliphatic carbocycles. The van der Waals surface area contributed by atoms with Crippen LogP contribution in [0.4, 0.5) is 0 Å². The molecule has 0 bridgehead atoms. The van der Waals surface area contributed by atoms with Crippen molar-refractivity contribution in [3.05, 3.63) is 65.7 Å². The number of aliphatic hydroxyl groups is 1. The van der Waals surface area contributed by atoms with Gasteiger partial charge in [0, 0.05) is 5.56 Å². The van der Waals surface area contributed by atoms with Gasteiger partial charge in [-0.1, -0.05) is 48.5 Å². The van der Waals surface area contributed by atoms with E-state index in [1.165, 1.54) is 5.56 Å². The van der Waals surface area contributed by atoms with Crippen LogP contribution >= 0.6 is 0 Å². The van der Waals surface area contributed by atoms with Crippen LogP contribution in [-0.2, 0) is 0 Å². The Labute approximate surface area is 120 Å². The molecule has 2 aromatic carbocycles. The molecule has 3 rings (SSSR count). The Kier molecular flexibility index (Phi) is 3.75. The quantitative estimate of drug-likeness (QED) is 0.890. The molecule has 0 aromatic heterocycles. The predicted octanol–water partition coefficient (Wildman–Crippen LogP) is 3.92. The third-order valence-electron chi connectivity index (χ3n) is 4.01. The lowest BCUT2D eigenvalue weighted by atomic mass is 10.0. The van der Waals surface area contributed by atoms with E-state index < -0.39 is 6.10 Å². The van der Waals surface area contributed by atoms with Crippen LogP contribution in [-0.4, -0.2) is 11.7 Å². The third kappa shape index (κ3) is 2.56. The predicted molar refractivity (Wildman–Crippen MR) is 79.9 cm³/mol. The summed E-state index contributed by atoms with van der Waals surface area (Å²) in [6.45, 7) is 2.59. The van der Waals surface area contributed by atoms with Gasteiger partial charge in [0.05, 0.1) is 12.7 Å². The lowest BCUT2D eigenvalue weighted by Gasteiger charge is -2.15. The summed E-state index contributed by atoms with van der Waals surface area (Å²) in [4.78, 5) is 0. The summed E-state index contributed by atoms with van der Waals surface area (Å²) in [7, 11) is 0. The lowest BCUT2D eigenvalue weighted by Crippen LogP contribution is -2.05. The van der Waals surface area contributed by atoms with Crippen LogP contribution in [0, 0.1) is 5.92 Å². The Hall–Kier alpha value is -1.80. The van der Waals surface area contributed by atoms with Gasteiger partial charge < -0.3 is 9.84 Å². The maximum atomic E-state index is 10.6. The first kappa shape index (κ1) is 13.2. The smallest absolute Gasteiger partial charge is 0.125 e. The van der Waals surface area contributed by atoms with Gasteiger partial charge in [0.15, 0.2) is 0 Å². The van der Waals surface area contributed by atoms with Crippen LogP contribution in [0.3, 0.4) is 0 Å². The molecule has 2 nitrogen and oxygen atoms in total. The highest BCUT2D eigenvalue weighted by Crippen LogP contribution is 2.54. The summed E-state index contributed by atoms with van der Waals surface area (Å²) < 4.78 is 5.62. The normalized spacial score (nSPS) is 22.3. The Balaban J connectivity index is 1.76. The van der Waals surface area contributed by atoms with Gasteiger partial charge in [-0.25, -0.2) is 0 Å². The number of para-hydroxylation sites is 1. The molecule has 1 fully saturated rings. The average molecular weight is 268 g/mol. The molecular formula is C18H20O2. The molecule has 1 saturated carbocycles. The largest absolute Gasteiger partial charge is 0.493 e. The summed E-state index contributed by atoms with van der Waals surface area (Å²) in [6, 6.07) is 18.2. The summed E-state index contributed by atoms with van der Waals surface area (Å²) in [5, 5.41) is 10.6. The van der Waals surface area contributed by atoms with Crippen LogP contribution in [0.25, 0.3) is 0 Å². The molecule has 1 aliphatic rings. The number of aliphatic hydroxyl groups excluding tert-OH is 1. The van der Waals surface area contributed by atoms with Crippen molar-refractivity contribution >= 4 is 0 Å². The highest BCUT2D eigenvalue weighted by Gasteiger charge is 2.44. The first-order chi connectivity index (χ1) is 9.81. The van der Waals surface area contributed by atoms with E-state index in [-0.39, 0.29) is 0 Å². The van der Waals surface area contributed by atoms with Gasteiger partial charge in [-0.05, 0) is 36.8 Å². The summed E-state index contributed by atoms with van der Waals surface area (Å²) in [5.41, 5.74) is 2.24. The number of hydrogen-bond donors (Lipinski definition) is 1. The van der Waals surface area contributed by atoms with E-state index in [0.717, 1.165) is 17.7 Å². The first-order valence-corrected chi connectivity index (χ1v) is 7.26. The molecule has 0 spiro atoms. The van der Waals surface area contributed by atoms with Gasteiger partial charge in [0.2, 0.25) is 0 Å². The van der Waals surface area contributed by atoms with E-state index in [4.69, 9.17) is 4.74 Å². The Bertz CT molecular complexity index is 565. The zero-order chi connectivity index (χ0) is 13.9. The zero-order valence-electron chi connectivity index (χ0n) is 11.7. The van der Waals surface area contributed by atoms with Gasteiger partial charge in [-0.15, -0.1) is 0 Å². The maximum Gasteiger partial charge on any atom is 0.125 e.